The Balaban J connectivity index is 1.55. The standard InChI is InChI=1S/C29H28N6O4S/c30-14-19-9-4-5-10-20(19)15-35-27(37)25-24(33-29(35)34-12-6-11-21(31)16-34)22(17-40-25)26(36)32-23(28(38)39)13-18-7-2-1-3-8-18/h1-5,7-10,17,21,23H,6,11-13,15-16,31H2,(H,32,36)(H,38,39)/t21-,23+/m1/s1. The smallest absolute Gasteiger partial charge is 0.326 e. The summed E-state index contributed by atoms with van der Waals surface area (Å²) in [6.45, 7) is 1.25. The number of fused-ring (bicyclic) bond motifs is 1. The average molecular weight is 557 g/mol. The van der Waals surface area contributed by atoms with E-state index in [4.69, 9.17) is 10.7 Å². The van der Waals surface area contributed by atoms with E-state index in [0.29, 0.717) is 30.2 Å². The van der Waals surface area contributed by atoms with Crippen molar-refractivity contribution in [2.45, 2.75) is 37.9 Å². The molecule has 4 N–H and O–H groups in total. The van der Waals surface area contributed by atoms with E-state index in [0.717, 1.165) is 29.7 Å². The summed E-state index contributed by atoms with van der Waals surface area (Å²) >= 11 is 1.09. The molecule has 1 amide bonds. The average Bonchev–Trinajstić information content (AvgIpc) is 3.39. The minimum absolute atomic E-state index is 0.0965. The van der Waals surface area contributed by atoms with Crippen molar-refractivity contribution in [1.82, 2.24) is 14.9 Å². The molecule has 2 aromatic carbocycles. The Morgan fingerprint density at radius 2 is 1.95 bits per heavy atom. The Morgan fingerprint density at radius 3 is 2.67 bits per heavy atom. The molecule has 5 rings (SSSR count). The number of hydrogen-bond acceptors (Lipinski definition) is 8. The summed E-state index contributed by atoms with van der Waals surface area (Å²) in [5.74, 6) is -1.41. The van der Waals surface area contributed by atoms with Gasteiger partial charge in [0.15, 0.2) is 0 Å². The van der Waals surface area contributed by atoms with Crippen LogP contribution in [0.5, 0.6) is 0 Å². The van der Waals surface area contributed by atoms with Crippen LogP contribution < -0.4 is 21.5 Å². The lowest BCUT2D eigenvalue weighted by Crippen LogP contribution is -2.45. The summed E-state index contributed by atoms with van der Waals surface area (Å²) in [6, 6.07) is 17.0. The van der Waals surface area contributed by atoms with Crippen molar-refractivity contribution < 1.29 is 14.7 Å². The Hall–Kier alpha value is -4.53. The lowest BCUT2D eigenvalue weighted by atomic mass is 10.1. The monoisotopic (exact) mass is 556 g/mol. The van der Waals surface area contributed by atoms with Crippen molar-refractivity contribution in [1.29, 1.82) is 5.26 Å². The molecule has 0 bridgehead atoms. The molecule has 4 aromatic rings. The number of aromatic nitrogens is 2. The molecule has 1 aliphatic heterocycles. The molecule has 1 aliphatic rings. The van der Waals surface area contributed by atoms with Gasteiger partial charge in [-0.25, -0.2) is 9.78 Å². The van der Waals surface area contributed by atoms with Crippen molar-refractivity contribution in [3.05, 3.63) is 92.6 Å². The highest BCUT2D eigenvalue weighted by Gasteiger charge is 2.27. The van der Waals surface area contributed by atoms with E-state index in [9.17, 15) is 24.8 Å². The molecule has 0 radical (unpaired) electrons. The maximum atomic E-state index is 13.9. The zero-order valence-corrected chi connectivity index (χ0v) is 22.4. The number of nitrogens with zero attached hydrogens (tertiary/aromatic N) is 4. The SMILES string of the molecule is N#Cc1ccccc1Cn1c(N2CCC[C@@H](N)C2)nc2c(C(=O)N[C@@H](Cc3ccccc3)C(=O)O)csc2c1=O. The Bertz CT molecular complexity index is 1660. The molecule has 0 unspecified atom stereocenters. The summed E-state index contributed by atoms with van der Waals surface area (Å²) < 4.78 is 1.81. The number of anilines is 1. The van der Waals surface area contributed by atoms with Crippen LogP contribution >= 0.6 is 11.3 Å². The first-order valence-corrected chi connectivity index (χ1v) is 13.8. The summed E-state index contributed by atoms with van der Waals surface area (Å²) in [6.07, 6.45) is 1.78. The molecule has 2 atom stereocenters. The largest absolute Gasteiger partial charge is 0.480 e. The van der Waals surface area contributed by atoms with E-state index in [-0.39, 0.29) is 40.3 Å². The number of carbonyl (C=O) groups is 2. The molecule has 10 nitrogen and oxygen atoms in total. The van der Waals surface area contributed by atoms with Crippen molar-refractivity contribution in [2.75, 3.05) is 18.0 Å². The molecule has 1 saturated heterocycles. The highest BCUT2D eigenvalue weighted by Crippen LogP contribution is 2.27. The van der Waals surface area contributed by atoms with Crippen molar-refractivity contribution in [3.8, 4) is 6.07 Å². The minimum Gasteiger partial charge on any atom is -0.480 e. The lowest BCUT2D eigenvalue weighted by molar-refractivity contribution is -0.139. The van der Waals surface area contributed by atoms with Gasteiger partial charge in [0.2, 0.25) is 5.95 Å². The summed E-state index contributed by atoms with van der Waals surface area (Å²) in [5.41, 5.74) is 8.18. The van der Waals surface area contributed by atoms with Crippen molar-refractivity contribution in [2.24, 2.45) is 5.73 Å². The van der Waals surface area contributed by atoms with Gasteiger partial charge in [0.05, 0.1) is 23.7 Å². The third kappa shape index (κ3) is 5.59. The number of nitriles is 1. The van der Waals surface area contributed by atoms with Crippen LogP contribution in [0.4, 0.5) is 5.95 Å². The number of carboxylic acid groups (broad SMARTS) is 1. The summed E-state index contributed by atoms with van der Waals surface area (Å²) in [5, 5.41) is 23.5. The van der Waals surface area contributed by atoms with Crippen LogP contribution in [0.1, 0.15) is 39.9 Å². The maximum Gasteiger partial charge on any atom is 0.326 e. The molecule has 0 aliphatic carbocycles. The third-order valence-electron chi connectivity index (χ3n) is 7.00. The molecule has 204 valence electrons. The van der Waals surface area contributed by atoms with Crippen LogP contribution in [0.2, 0.25) is 0 Å². The van der Waals surface area contributed by atoms with Gasteiger partial charge in [0, 0.05) is 30.9 Å². The Kier molecular flexibility index (Phi) is 7.91. The number of carbonyl (C=O) groups excluding carboxylic acids is 1. The molecule has 0 spiro atoms. The number of piperidine rings is 1. The van der Waals surface area contributed by atoms with Crippen molar-refractivity contribution in [3.63, 3.8) is 0 Å². The van der Waals surface area contributed by atoms with Gasteiger partial charge in [-0.05, 0) is 30.0 Å². The van der Waals surface area contributed by atoms with Crippen LogP contribution in [-0.4, -0.2) is 51.7 Å². The molecule has 11 heteroatoms. The van der Waals surface area contributed by atoms with E-state index in [1.54, 1.807) is 42.5 Å². The first-order valence-electron chi connectivity index (χ1n) is 12.9. The molecule has 1 fully saturated rings. The van der Waals surface area contributed by atoms with Gasteiger partial charge < -0.3 is 21.1 Å². The van der Waals surface area contributed by atoms with Gasteiger partial charge in [0.1, 0.15) is 16.3 Å². The second-order valence-corrected chi connectivity index (χ2v) is 10.7. The van der Waals surface area contributed by atoms with Crippen LogP contribution in [0, 0.1) is 11.3 Å². The number of thiophene rings is 1. The third-order valence-corrected chi connectivity index (χ3v) is 7.95. The number of amides is 1. The Labute approximate surface area is 234 Å². The minimum atomic E-state index is -1.16. The zero-order chi connectivity index (χ0) is 28.2. The van der Waals surface area contributed by atoms with Gasteiger partial charge in [-0.15, -0.1) is 11.3 Å². The van der Waals surface area contributed by atoms with Crippen LogP contribution in [0.15, 0.2) is 64.8 Å². The fourth-order valence-corrected chi connectivity index (χ4v) is 5.88. The summed E-state index contributed by atoms with van der Waals surface area (Å²) in [4.78, 5) is 45.9. The van der Waals surface area contributed by atoms with Gasteiger partial charge in [-0.1, -0.05) is 48.5 Å². The van der Waals surface area contributed by atoms with Gasteiger partial charge in [-0.2, -0.15) is 5.26 Å². The second kappa shape index (κ2) is 11.7. The molecular weight excluding hydrogens is 528 g/mol. The predicted molar refractivity (Wildman–Crippen MR) is 153 cm³/mol. The number of carboxylic acids is 1. The van der Waals surface area contributed by atoms with Crippen LogP contribution in [-0.2, 0) is 17.8 Å². The number of benzene rings is 2. The van der Waals surface area contributed by atoms with E-state index in [1.165, 1.54) is 9.95 Å². The highest BCUT2D eigenvalue weighted by atomic mass is 32.1. The molecule has 40 heavy (non-hydrogen) atoms. The predicted octanol–water partition coefficient (Wildman–Crippen LogP) is 2.73. The normalized spacial score (nSPS) is 15.9. The van der Waals surface area contributed by atoms with Crippen molar-refractivity contribution >= 4 is 39.4 Å². The van der Waals surface area contributed by atoms with E-state index < -0.39 is 17.9 Å². The van der Waals surface area contributed by atoms with E-state index >= 15 is 0 Å². The number of nitrogens with two attached hydrogens (primary N) is 1. The fraction of sp³-hybridized carbons (Fsp3) is 0.276. The molecular formula is C29H28N6O4S. The first kappa shape index (κ1) is 27.1. The number of aliphatic carboxylic acids is 1. The second-order valence-electron chi connectivity index (χ2n) is 9.80. The van der Waals surface area contributed by atoms with Gasteiger partial charge >= 0.3 is 5.97 Å². The number of rotatable bonds is 8. The topological polar surface area (TPSA) is 154 Å². The number of nitrogens with one attached hydrogen (secondary N) is 1. The number of hydrogen-bond donors (Lipinski definition) is 3. The zero-order valence-electron chi connectivity index (χ0n) is 21.6. The highest BCUT2D eigenvalue weighted by molar-refractivity contribution is 7.17. The maximum absolute atomic E-state index is 13.9. The van der Waals surface area contributed by atoms with Gasteiger partial charge in [-0.3, -0.25) is 14.2 Å². The Morgan fingerprint density at radius 1 is 1.20 bits per heavy atom. The van der Waals surface area contributed by atoms with Crippen LogP contribution in [0.25, 0.3) is 10.2 Å². The molecule has 2 aromatic heterocycles. The summed E-state index contributed by atoms with van der Waals surface area (Å²) in [7, 11) is 0. The van der Waals surface area contributed by atoms with Crippen LogP contribution in [0.3, 0.4) is 0 Å². The van der Waals surface area contributed by atoms with E-state index in [1.807, 2.05) is 17.0 Å². The molecule has 3 heterocycles. The van der Waals surface area contributed by atoms with E-state index in [2.05, 4.69) is 11.4 Å². The molecule has 0 saturated carbocycles. The lowest BCUT2D eigenvalue weighted by Gasteiger charge is -2.33. The van der Waals surface area contributed by atoms with Gasteiger partial charge in [0.25, 0.3) is 11.5 Å². The first-order chi connectivity index (χ1) is 19.4. The fourth-order valence-electron chi connectivity index (χ4n) is 4.95. The quantitative estimate of drug-likeness (QED) is 0.299.